The van der Waals surface area contributed by atoms with E-state index in [0.717, 1.165) is 23.1 Å². The molecule has 0 saturated carbocycles. The summed E-state index contributed by atoms with van der Waals surface area (Å²) in [5.41, 5.74) is 0.956. The first-order chi connectivity index (χ1) is 11.3. The lowest BCUT2D eigenvalue weighted by molar-refractivity contribution is -0.926. The molecule has 0 aliphatic carbocycles. The van der Waals surface area contributed by atoms with Gasteiger partial charge in [-0.1, -0.05) is 17.7 Å². The van der Waals surface area contributed by atoms with E-state index in [2.05, 4.69) is 32.4 Å². The normalized spacial score (nSPS) is 16.3. The smallest absolute Gasteiger partial charge is 0.294 e. The molecule has 0 amide bonds. The Bertz CT molecular complexity index is 651. The predicted octanol–water partition coefficient (Wildman–Crippen LogP) is 2.62. The van der Waals surface area contributed by atoms with Crippen LogP contribution in [0.4, 0.5) is 0 Å². The van der Waals surface area contributed by atoms with E-state index < -0.39 is 10.1 Å². The maximum Gasteiger partial charge on any atom is 0.294 e. The largest absolute Gasteiger partial charge is 0.391 e. The van der Waals surface area contributed by atoms with Crippen molar-refractivity contribution in [2.75, 3.05) is 32.8 Å². The van der Waals surface area contributed by atoms with Gasteiger partial charge < -0.3 is 9.59 Å². The van der Waals surface area contributed by atoms with E-state index in [1.54, 1.807) is 12.1 Å². The number of aliphatic hydroxyl groups excluding tert-OH is 1. The second kappa shape index (κ2) is 10.4. The lowest BCUT2D eigenvalue weighted by Gasteiger charge is -2.39. The molecule has 134 valence electrons. The van der Waals surface area contributed by atoms with Crippen molar-refractivity contribution >= 4 is 32.7 Å². The zero-order valence-corrected chi connectivity index (χ0v) is 16.9. The van der Waals surface area contributed by atoms with E-state index in [4.69, 9.17) is 9.66 Å². The molecular formula is C17H25INO4S+. The second-order valence-corrected chi connectivity index (χ2v) is 7.98. The lowest BCUT2D eigenvalue weighted by atomic mass is 10.1. The Morgan fingerprint density at radius 1 is 1.17 bits per heavy atom. The van der Waals surface area contributed by atoms with Gasteiger partial charge in [0.15, 0.2) is 0 Å². The van der Waals surface area contributed by atoms with Gasteiger partial charge in [-0.15, -0.1) is 0 Å². The highest BCUT2D eigenvalue weighted by atomic mass is 127. The number of hydrogen-bond donors (Lipinski definition) is 2. The number of aryl methyl sites for hydroxylation is 1. The summed E-state index contributed by atoms with van der Waals surface area (Å²) < 4.78 is 33.5. The Balaban J connectivity index is 0.000000243. The minimum atomic E-state index is -4.02. The average Bonchev–Trinajstić information content (AvgIpc) is 2.54. The molecule has 0 spiro atoms. The average molecular weight is 466 g/mol. The number of piperidine rings is 1. The van der Waals surface area contributed by atoms with Gasteiger partial charge >= 0.3 is 0 Å². The highest BCUT2D eigenvalue weighted by molar-refractivity contribution is 14.1. The predicted molar refractivity (Wildman–Crippen MR) is 103 cm³/mol. The van der Waals surface area contributed by atoms with E-state index >= 15 is 0 Å². The highest BCUT2D eigenvalue weighted by Crippen LogP contribution is 2.17. The van der Waals surface area contributed by atoms with Crippen molar-refractivity contribution in [1.82, 2.24) is 0 Å². The van der Waals surface area contributed by atoms with Crippen LogP contribution in [0.1, 0.15) is 24.8 Å². The molecule has 0 bridgehead atoms. The number of quaternary nitrogens is 1. The van der Waals surface area contributed by atoms with Crippen molar-refractivity contribution in [3.8, 4) is 9.85 Å². The Morgan fingerprint density at radius 3 is 2.21 bits per heavy atom. The number of halogens is 1. The Kier molecular flexibility index (Phi) is 9.23. The van der Waals surface area contributed by atoms with Gasteiger partial charge in [0.2, 0.25) is 0 Å². The molecule has 7 heteroatoms. The fraction of sp³-hybridized carbons (Fsp3) is 0.529. The van der Waals surface area contributed by atoms with Crippen LogP contribution in [-0.2, 0) is 10.1 Å². The summed E-state index contributed by atoms with van der Waals surface area (Å²) in [7, 11) is -4.02. The maximum atomic E-state index is 10.5. The van der Waals surface area contributed by atoms with E-state index in [9.17, 15) is 8.42 Å². The van der Waals surface area contributed by atoms with Crippen LogP contribution in [0.2, 0.25) is 0 Å². The van der Waals surface area contributed by atoms with Crippen LogP contribution in [0.25, 0.3) is 0 Å². The second-order valence-electron chi connectivity index (χ2n) is 6.01. The zero-order valence-electron chi connectivity index (χ0n) is 13.9. The molecule has 1 saturated heterocycles. The number of aliphatic hydroxyl groups is 1. The van der Waals surface area contributed by atoms with Gasteiger partial charge in [0.05, 0.1) is 24.6 Å². The molecule has 0 unspecified atom stereocenters. The summed E-state index contributed by atoms with van der Waals surface area (Å²) in [5, 5.41) is 9.02. The van der Waals surface area contributed by atoms with Crippen LogP contribution >= 0.6 is 22.6 Å². The number of hydrogen-bond acceptors (Lipinski definition) is 3. The van der Waals surface area contributed by atoms with E-state index in [1.165, 1.54) is 44.5 Å². The van der Waals surface area contributed by atoms with E-state index in [-0.39, 0.29) is 4.90 Å². The number of likely N-dealkylation sites (tertiary alicyclic amines) is 1. The summed E-state index contributed by atoms with van der Waals surface area (Å²) in [6.45, 7) is 6.34. The topological polar surface area (TPSA) is 74.6 Å². The van der Waals surface area contributed by atoms with Gasteiger partial charge in [0, 0.05) is 22.6 Å². The molecule has 0 atom stereocenters. The van der Waals surface area contributed by atoms with Gasteiger partial charge in [-0.05, 0) is 48.2 Å². The monoisotopic (exact) mass is 466 g/mol. The van der Waals surface area contributed by atoms with Crippen LogP contribution in [0, 0.1) is 16.8 Å². The number of rotatable bonds is 4. The van der Waals surface area contributed by atoms with Crippen molar-refractivity contribution in [3.63, 3.8) is 0 Å². The first-order valence-electron chi connectivity index (χ1n) is 7.92. The van der Waals surface area contributed by atoms with Crippen molar-refractivity contribution in [2.24, 2.45) is 0 Å². The minimum Gasteiger partial charge on any atom is -0.391 e. The van der Waals surface area contributed by atoms with Crippen molar-refractivity contribution in [3.05, 3.63) is 29.8 Å². The molecule has 0 aromatic heterocycles. The molecule has 2 N–H and O–H groups in total. The SMILES string of the molecule is Cc1ccc(S(=O)(=O)O)cc1.OCC[N+]1(CC#CI)CCCCC1. The molecule has 1 aromatic carbocycles. The minimum absolute atomic E-state index is 0.0666. The lowest BCUT2D eigenvalue weighted by Crippen LogP contribution is -2.53. The van der Waals surface area contributed by atoms with Gasteiger partial charge in [-0.2, -0.15) is 8.42 Å². The quantitative estimate of drug-likeness (QED) is 0.310. The van der Waals surface area contributed by atoms with Gasteiger partial charge in [-0.25, -0.2) is 0 Å². The Morgan fingerprint density at radius 2 is 1.75 bits per heavy atom. The summed E-state index contributed by atoms with van der Waals surface area (Å²) in [6, 6.07) is 5.99. The summed E-state index contributed by atoms with van der Waals surface area (Å²) in [5.74, 6) is 3.14. The van der Waals surface area contributed by atoms with Crippen molar-refractivity contribution < 1.29 is 22.6 Å². The van der Waals surface area contributed by atoms with E-state index in [0.29, 0.717) is 6.61 Å². The van der Waals surface area contributed by atoms with Gasteiger partial charge in [0.25, 0.3) is 10.1 Å². The summed E-state index contributed by atoms with van der Waals surface area (Å²) >= 11 is 2.09. The van der Waals surface area contributed by atoms with Crippen LogP contribution < -0.4 is 0 Å². The molecule has 24 heavy (non-hydrogen) atoms. The fourth-order valence-electron chi connectivity index (χ4n) is 2.76. The van der Waals surface area contributed by atoms with Crippen LogP contribution in [0.3, 0.4) is 0 Å². The van der Waals surface area contributed by atoms with Crippen LogP contribution in [-0.4, -0.2) is 55.3 Å². The van der Waals surface area contributed by atoms with Crippen molar-refractivity contribution in [1.29, 1.82) is 0 Å². The Labute approximate surface area is 158 Å². The molecule has 0 radical (unpaired) electrons. The third-order valence-electron chi connectivity index (χ3n) is 4.14. The molecule has 2 rings (SSSR count). The van der Waals surface area contributed by atoms with Crippen LogP contribution in [0.5, 0.6) is 0 Å². The number of benzene rings is 1. The maximum absolute atomic E-state index is 10.5. The molecule has 1 heterocycles. The summed E-state index contributed by atoms with van der Waals surface area (Å²) in [6.07, 6.45) is 3.94. The standard InChI is InChI=1S/C10H17INO.C7H8O3S/c11-5-4-8-12(9-10-13)6-2-1-3-7-12;1-6-2-4-7(5-3-6)11(8,9)10/h13H,1-3,6-10H2;2-5H,1H3,(H,8,9,10)/q+1;. The van der Waals surface area contributed by atoms with Gasteiger partial charge in [-0.3, -0.25) is 4.55 Å². The fourth-order valence-corrected chi connectivity index (χ4v) is 3.41. The van der Waals surface area contributed by atoms with E-state index in [1.807, 2.05) is 6.92 Å². The first-order valence-corrected chi connectivity index (χ1v) is 10.4. The molecule has 1 aliphatic rings. The number of nitrogens with zero attached hydrogens (tertiary/aromatic N) is 1. The van der Waals surface area contributed by atoms with Gasteiger partial charge in [0.1, 0.15) is 13.1 Å². The highest BCUT2D eigenvalue weighted by Gasteiger charge is 2.27. The zero-order chi connectivity index (χ0) is 18.1. The Hall–Kier alpha value is -0.660. The van der Waals surface area contributed by atoms with Crippen LogP contribution in [0.15, 0.2) is 29.2 Å². The third-order valence-corrected chi connectivity index (χ3v) is 5.39. The third kappa shape index (κ3) is 7.49. The molecule has 1 fully saturated rings. The van der Waals surface area contributed by atoms with Crippen molar-refractivity contribution in [2.45, 2.75) is 31.1 Å². The molecule has 1 aromatic rings. The first kappa shape index (κ1) is 21.4. The summed E-state index contributed by atoms with van der Waals surface area (Å²) in [4.78, 5) is -0.0666. The molecule has 5 nitrogen and oxygen atoms in total. The molecular weight excluding hydrogens is 441 g/mol. The molecule has 1 aliphatic heterocycles.